The van der Waals surface area contributed by atoms with Gasteiger partial charge in [-0.3, -0.25) is 4.79 Å². The van der Waals surface area contributed by atoms with Crippen LogP contribution in [0.25, 0.3) is 11.1 Å². The lowest BCUT2D eigenvalue weighted by Gasteiger charge is -2.08. The number of thiophene rings is 1. The van der Waals surface area contributed by atoms with Crippen LogP contribution in [0.5, 0.6) is 5.75 Å². The van der Waals surface area contributed by atoms with Crippen molar-refractivity contribution in [2.45, 2.75) is 13.8 Å². The van der Waals surface area contributed by atoms with Crippen LogP contribution in [0.3, 0.4) is 0 Å². The first-order valence-electron chi connectivity index (χ1n) is 7.86. The van der Waals surface area contributed by atoms with Crippen LogP contribution < -0.4 is 10.1 Å². The van der Waals surface area contributed by atoms with Gasteiger partial charge in [0.25, 0.3) is 5.91 Å². The maximum absolute atomic E-state index is 12.6. The lowest BCUT2D eigenvalue weighted by molar-refractivity contribution is 0.103. The largest absolute Gasteiger partial charge is 0.494 e. The second-order valence-corrected chi connectivity index (χ2v) is 6.36. The summed E-state index contributed by atoms with van der Waals surface area (Å²) in [5.74, 6) is 0.705. The highest BCUT2D eigenvalue weighted by atomic mass is 32.1. The van der Waals surface area contributed by atoms with Gasteiger partial charge in [-0.1, -0.05) is 29.8 Å². The fourth-order valence-electron chi connectivity index (χ4n) is 2.43. The molecule has 0 saturated heterocycles. The first kappa shape index (κ1) is 16.3. The van der Waals surface area contributed by atoms with E-state index in [4.69, 9.17) is 4.74 Å². The molecule has 0 unspecified atom stereocenters. The quantitative estimate of drug-likeness (QED) is 0.679. The third kappa shape index (κ3) is 3.66. The highest BCUT2D eigenvalue weighted by molar-refractivity contribution is 7.12. The maximum Gasteiger partial charge on any atom is 0.266 e. The Hall–Kier alpha value is -2.59. The summed E-state index contributed by atoms with van der Waals surface area (Å²) in [6.45, 7) is 4.62. The molecule has 3 aromatic rings. The third-order valence-corrected chi connectivity index (χ3v) is 4.57. The third-order valence-electron chi connectivity index (χ3n) is 3.66. The second-order valence-electron chi connectivity index (χ2n) is 5.44. The van der Waals surface area contributed by atoms with Crippen LogP contribution in [0.15, 0.2) is 60.0 Å². The molecule has 0 aliphatic carbocycles. The summed E-state index contributed by atoms with van der Waals surface area (Å²) in [6, 6.07) is 17.6. The zero-order chi connectivity index (χ0) is 16.9. The average molecular weight is 337 g/mol. The molecule has 1 amide bonds. The van der Waals surface area contributed by atoms with Gasteiger partial charge in [0.2, 0.25) is 0 Å². The van der Waals surface area contributed by atoms with E-state index in [1.165, 1.54) is 16.9 Å². The Bertz CT molecular complexity index is 820. The van der Waals surface area contributed by atoms with Crippen LogP contribution >= 0.6 is 11.3 Å². The summed E-state index contributed by atoms with van der Waals surface area (Å²) in [6.07, 6.45) is 0. The normalized spacial score (nSPS) is 10.4. The number of rotatable bonds is 5. The molecule has 1 heterocycles. The number of amides is 1. The van der Waals surface area contributed by atoms with Crippen LogP contribution in [0.2, 0.25) is 0 Å². The number of carbonyl (C=O) groups excluding carboxylic acids is 1. The van der Waals surface area contributed by atoms with Gasteiger partial charge in [0.15, 0.2) is 0 Å². The lowest BCUT2D eigenvalue weighted by atomic mass is 10.0. The summed E-state index contributed by atoms with van der Waals surface area (Å²) >= 11 is 1.45. The molecule has 0 fully saturated rings. The fourth-order valence-corrected chi connectivity index (χ4v) is 3.25. The molecule has 1 N–H and O–H groups in total. The molecule has 122 valence electrons. The van der Waals surface area contributed by atoms with Crippen LogP contribution in [0.4, 0.5) is 5.69 Å². The molecular formula is C20H19NO2S. The van der Waals surface area contributed by atoms with E-state index in [9.17, 15) is 4.79 Å². The summed E-state index contributed by atoms with van der Waals surface area (Å²) in [5, 5.41) is 4.90. The molecule has 0 saturated carbocycles. The molecular weight excluding hydrogens is 318 g/mol. The van der Waals surface area contributed by atoms with E-state index in [1.807, 2.05) is 54.8 Å². The summed E-state index contributed by atoms with van der Waals surface area (Å²) in [4.78, 5) is 13.3. The van der Waals surface area contributed by atoms with E-state index in [0.29, 0.717) is 11.5 Å². The van der Waals surface area contributed by atoms with Gasteiger partial charge < -0.3 is 10.1 Å². The van der Waals surface area contributed by atoms with Gasteiger partial charge in [-0.25, -0.2) is 0 Å². The molecule has 0 radical (unpaired) electrons. The van der Waals surface area contributed by atoms with Crippen molar-refractivity contribution in [3.8, 4) is 16.9 Å². The number of hydrogen-bond donors (Lipinski definition) is 1. The van der Waals surface area contributed by atoms with Crippen LogP contribution in [0, 0.1) is 6.92 Å². The summed E-state index contributed by atoms with van der Waals surface area (Å²) in [7, 11) is 0. The van der Waals surface area contributed by atoms with Crippen molar-refractivity contribution in [1.82, 2.24) is 0 Å². The van der Waals surface area contributed by atoms with Gasteiger partial charge in [-0.15, -0.1) is 11.3 Å². The molecule has 0 bridgehead atoms. The zero-order valence-electron chi connectivity index (χ0n) is 13.7. The Labute approximate surface area is 145 Å². The van der Waals surface area contributed by atoms with Crippen LogP contribution in [0.1, 0.15) is 22.2 Å². The highest BCUT2D eigenvalue weighted by Gasteiger charge is 2.14. The van der Waals surface area contributed by atoms with Gasteiger partial charge in [0, 0.05) is 11.3 Å². The van der Waals surface area contributed by atoms with E-state index in [2.05, 4.69) is 24.4 Å². The predicted octanol–water partition coefficient (Wildman–Crippen LogP) is 5.37. The van der Waals surface area contributed by atoms with E-state index < -0.39 is 0 Å². The molecule has 0 aliphatic heterocycles. The predicted molar refractivity (Wildman–Crippen MR) is 100 cm³/mol. The van der Waals surface area contributed by atoms with Crippen molar-refractivity contribution in [2.75, 3.05) is 11.9 Å². The van der Waals surface area contributed by atoms with Crippen molar-refractivity contribution >= 4 is 22.9 Å². The van der Waals surface area contributed by atoms with Gasteiger partial charge in [0.05, 0.1) is 11.5 Å². The molecule has 4 heteroatoms. The summed E-state index contributed by atoms with van der Waals surface area (Å²) < 4.78 is 5.41. The Morgan fingerprint density at radius 3 is 2.42 bits per heavy atom. The first-order valence-corrected chi connectivity index (χ1v) is 8.74. The van der Waals surface area contributed by atoms with Crippen molar-refractivity contribution in [3.63, 3.8) is 0 Å². The van der Waals surface area contributed by atoms with E-state index in [-0.39, 0.29) is 5.91 Å². The molecule has 1 aromatic heterocycles. The standard InChI is InChI=1S/C20H19NO2S/c1-3-23-17-10-8-16(9-11-17)21-20(22)19-18(12-13-24-19)15-6-4-14(2)5-7-15/h4-13H,3H2,1-2H3,(H,21,22). The Morgan fingerprint density at radius 1 is 1.04 bits per heavy atom. The smallest absolute Gasteiger partial charge is 0.266 e. The molecule has 0 aliphatic rings. The number of nitrogens with one attached hydrogen (secondary N) is 1. The van der Waals surface area contributed by atoms with Gasteiger partial charge in [-0.2, -0.15) is 0 Å². The van der Waals surface area contributed by atoms with E-state index in [0.717, 1.165) is 22.6 Å². The number of benzene rings is 2. The lowest BCUT2D eigenvalue weighted by Crippen LogP contribution is -2.11. The van der Waals surface area contributed by atoms with Crippen LogP contribution in [-0.2, 0) is 0 Å². The Morgan fingerprint density at radius 2 is 1.75 bits per heavy atom. The minimum Gasteiger partial charge on any atom is -0.494 e. The van der Waals surface area contributed by atoms with Gasteiger partial charge in [-0.05, 0) is 55.1 Å². The molecule has 3 nitrogen and oxygen atoms in total. The Kier molecular flexibility index (Phi) is 4.96. The van der Waals surface area contributed by atoms with Crippen molar-refractivity contribution in [1.29, 1.82) is 0 Å². The molecule has 0 spiro atoms. The Balaban J connectivity index is 1.78. The number of carbonyl (C=O) groups is 1. The average Bonchev–Trinajstić information content (AvgIpc) is 3.07. The minimum atomic E-state index is -0.0928. The minimum absolute atomic E-state index is 0.0928. The SMILES string of the molecule is CCOc1ccc(NC(=O)c2sccc2-c2ccc(C)cc2)cc1. The van der Waals surface area contributed by atoms with Crippen molar-refractivity contribution in [2.24, 2.45) is 0 Å². The number of aryl methyl sites for hydroxylation is 1. The highest BCUT2D eigenvalue weighted by Crippen LogP contribution is 2.29. The zero-order valence-corrected chi connectivity index (χ0v) is 14.5. The summed E-state index contributed by atoms with van der Waals surface area (Å²) in [5.41, 5.74) is 3.98. The first-order chi connectivity index (χ1) is 11.7. The van der Waals surface area contributed by atoms with Gasteiger partial charge in [0.1, 0.15) is 5.75 Å². The monoisotopic (exact) mass is 337 g/mol. The molecule has 3 rings (SSSR count). The number of hydrogen-bond acceptors (Lipinski definition) is 3. The van der Waals surface area contributed by atoms with Crippen molar-refractivity contribution in [3.05, 3.63) is 70.4 Å². The number of anilines is 1. The van der Waals surface area contributed by atoms with E-state index >= 15 is 0 Å². The maximum atomic E-state index is 12.6. The number of ether oxygens (including phenoxy) is 1. The molecule has 24 heavy (non-hydrogen) atoms. The molecule has 0 atom stereocenters. The van der Waals surface area contributed by atoms with Crippen LogP contribution in [-0.4, -0.2) is 12.5 Å². The van der Waals surface area contributed by atoms with Crippen molar-refractivity contribution < 1.29 is 9.53 Å². The second kappa shape index (κ2) is 7.32. The topological polar surface area (TPSA) is 38.3 Å². The molecule has 2 aromatic carbocycles. The van der Waals surface area contributed by atoms with Gasteiger partial charge >= 0.3 is 0 Å². The van der Waals surface area contributed by atoms with E-state index in [1.54, 1.807) is 0 Å². The fraction of sp³-hybridized carbons (Fsp3) is 0.150.